The Labute approximate surface area is 232 Å². The molecule has 1 aliphatic heterocycles. The van der Waals surface area contributed by atoms with E-state index in [4.69, 9.17) is 16.3 Å². The minimum absolute atomic E-state index is 0.0184. The van der Waals surface area contributed by atoms with Crippen molar-refractivity contribution in [2.75, 3.05) is 19.0 Å². The summed E-state index contributed by atoms with van der Waals surface area (Å²) in [4.78, 5) is 50.6. The summed E-state index contributed by atoms with van der Waals surface area (Å²) in [6, 6.07) is 13.6. The highest BCUT2D eigenvalue weighted by molar-refractivity contribution is 6.30. The number of halogens is 1. The summed E-state index contributed by atoms with van der Waals surface area (Å²) in [7, 11) is 1.57. The Bertz CT molecular complexity index is 1340. The van der Waals surface area contributed by atoms with Gasteiger partial charge in [-0.25, -0.2) is 4.98 Å². The van der Waals surface area contributed by atoms with Gasteiger partial charge in [-0.05, 0) is 79.6 Å². The molecule has 1 fully saturated rings. The van der Waals surface area contributed by atoms with Gasteiger partial charge in [0.05, 0.1) is 19.3 Å². The minimum Gasteiger partial charge on any atom is -0.495 e. The molecule has 0 saturated heterocycles. The highest BCUT2D eigenvalue weighted by atomic mass is 35.5. The van der Waals surface area contributed by atoms with Crippen molar-refractivity contribution < 1.29 is 19.1 Å². The Morgan fingerprint density at radius 3 is 2.59 bits per heavy atom. The number of methoxy groups -OCH3 is 1. The van der Waals surface area contributed by atoms with Crippen molar-refractivity contribution in [2.24, 2.45) is 11.8 Å². The van der Waals surface area contributed by atoms with E-state index in [2.05, 4.69) is 15.3 Å². The van der Waals surface area contributed by atoms with E-state index in [9.17, 15) is 14.4 Å². The molecule has 202 valence electrons. The number of carbonyl (C=O) groups excluding carboxylic acids is 3. The van der Waals surface area contributed by atoms with Gasteiger partial charge in [0.25, 0.3) is 5.91 Å². The van der Waals surface area contributed by atoms with Gasteiger partial charge in [0, 0.05) is 47.8 Å². The van der Waals surface area contributed by atoms with E-state index in [0.717, 1.165) is 18.5 Å². The molecular weight excluding hydrogens is 516 g/mol. The van der Waals surface area contributed by atoms with E-state index in [1.165, 1.54) is 0 Å². The molecule has 9 heteroatoms. The first-order valence-corrected chi connectivity index (χ1v) is 13.6. The monoisotopic (exact) mass is 546 g/mol. The highest BCUT2D eigenvalue weighted by Gasteiger charge is 2.38. The SMILES string of the molecule is COc1ccc(NC(=O)C2CCC(CN3C(=O)c4ccc(Cl)cc4CC(=O)[C@H]3Cc3ccccn3)CC2)nc1. The van der Waals surface area contributed by atoms with Crippen LogP contribution < -0.4 is 10.1 Å². The molecule has 8 nitrogen and oxygen atoms in total. The van der Waals surface area contributed by atoms with Crippen LogP contribution in [0.3, 0.4) is 0 Å². The van der Waals surface area contributed by atoms with Crippen LogP contribution in [0.25, 0.3) is 0 Å². The molecule has 1 atom stereocenters. The fourth-order valence-corrected chi connectivity index (χ4v) is 5.73. The maximum absolute atomic E-state index is 13.8. The van der Waals surface area contributed by atoms with Crippen LogP contribution in [0.4, 0.5) is 5.82 Å². The number of hydrogen-bond donors (Lipinski definition) is 1. The standard InChI is InChI=1S/C30H31ClN4O4/c1-39-24-10-12-28(33-17-24)34-29(37)20-7-5-19(6-8-20)18-35-26(16-23-4-2-3-13-32-23)27(36)15-21-14-22(31)9-11-25(21)30(35)38/h2-4,9-14,17,19-20,26H,5-8,15-16,18H2,1H3,(H,33,34,37)/t19?,20?,26-/m1/s1. The zero-order valence-corrected chi connectivity index (χ0v) is 22.6. The van der Waals surface area contributed by atoms with E-state index < -0.39 is 6.04 Å². The molecule has 39 heavy (non-hydrogen) atoms. The van der Waals surface area contributed by atoms with Crippen molar-refractivity contribution in [3.63, 3.8) is 0 Å². The highest BCUT2D eigenvalue weighted by Crippen LogP contribution is 2.33. The fourth-order valence-electron chi connectivity index (χ4n) is 5.53. The molecule has 1 aliphatic carbocycles. The minimum atomic E-state index is -0.610. The van der Waals surface area contributed by atoms with Crippen molar-refractivity contribution in [1.82, 2.24) is 14.9 Å². The van der Waals surface area contributed by atoms with Crippen LogP contribution in [-0.2, 0) is 22.4 Å². The number of carbonyl (C=O) groups is 3. The zero-order chi connectivity index (χ0) is 27.4. The van der Waals surface area contributed by atoms with Gasteiger partial charge >= 0.3 is 0 Å². The Morgan fingerprint density at radius 1 is 1.08 bits per heavy atom. The second-order valence-electron chi connectivity index (χ2n) is 10.2. The third-order valence-electron chi connectivity index (χ3n) is 7.70. The third-order valence-corrected chi connectivity index (χ3v) is 7.93. The molecule has 1 N–H and O–H groups in total. The number of ether oxygens (including phenoxy) is 1. The lowest BCUT2D eigenvalue weighted by atomic mass is 9.81. The Morgan fingerprint density at radius 2 is 1.90 bits per heavy atom. The van der Waals surface area contributed by atoms with E-state index in [0.29, 0.717) is 53.5 Å². The van der Waals surface area contributed by atoms with Crippen LogP contribution in [0.15, 0.2) is 60.9 Å². The first kappa shape index (κ1) is 26.8. The first-order chi connectivity index (χ1) is 18.9. The van der Waals surface area contributed by atoms with Gasteiger partial charge in [-0.1, -0.05) is 17.7 Å². The first-order valence-electron chi connectivity index (χ1n) is 13.2. The maximum Gasteiger partial charge on any atom is 0.254 e. The van der Waals surface area contributed by atoms with Gasteiger partial charge in [0.1, 0.15) is 11.6 Å². The maximum atomic E-state index is 13.8. The summed E-state index contributed by atoms with van der Waals surface area (Å²) >= 11 is 6.20. The number of hydrogen-bond acceptors (Lipinski definition) is 6. The molecule has 1 saturated carbocycles. The predicted molar refractivity (Wildman–Crippen MR) is 148 cm³/mol. The molecule has 1 aromatic carbocycles. The van der Waals surface area contributed by atoms with Gasteiger partial charge in [0.15, 0.2) is 5.78 Å². The number of aromatic nitrogens is 2. The number of fused-ring (bicyclic) bond motifs is 1. The number of rotatable bonds is 7. The number of anilines is 1. The summed E-state index contributed by atoms with van der Waals surface area (Å²) in [6.07, 6.45) is 6.78. The number of benzene rings is 1. The summed E-state index contributed by atoms with van der Waals surface area (Å²) in [5.74, 6) is 0.957. The second-order valence-corrected chi connectivity index (χ2v) is 10.7. The van der Waals surface area contributed by atoms with Crippen LogP contribution in [-0.4, -0.2) is 52.2 Å². The molecule has 2 aromatic heterocycles. The summed E-state index contributed by atoms with van der Waals surface area (Å²) in [6.45, 7) is 0.457. The molecule has 0 unspecified atom stereocenters. The quantitative estimate of drug-likeness (QED) is 0.458. The average Bonchev–Trinajstić information content (AvgIpc) is 3.04. The third kappa shape index (κ3) is 6.28. The Kier molecular flexibility index (Phi) is 8.21. The van der Waals surface area contributed by atoms with E-state index in [1.54, 1.807) is 54.7 Å². The number of pyridine rings is 2. The van der Waals surface area contributed by atoms with Crippen LogP contribution in [0.2, 0.25) is 5.02 Å². The number of nitrogens with zero attached hydrogens (tertiary/aromatic N) is 3. The van der Waals surface area contributed by atoms with E-state index >= 15 is 0 Å². The lowest BCUT2D eigenvalue weighted by Crippen LogP contribution is -2.48. The van der Waals surface area contributed by atoms with E-state index in [-0.39, 0.29) is 35.9 Å². The number of Topliss-reactive ketones (excluding diaryl/α,β-unsaturated/α-hetero) is 1. The Balaban J connectivity index is 1.28. The van der Waals surface area contributed by atoms with Crippen molar-refractivity contribution in [2.45, 2.75) is 44.6 Å². The van der Waals surface area contributed by atoms with Gasteiger partial charge in [-0.3, -0.25) is 19.4 Å². The lowest BCUT2D eigenvalue weighted by molar-refractivity contribution is -0.122. The Hall–Kier alpha value is -3.78. The predicted octanol–water partition coefficient (Wildman–Crippen LogP) is 4.76. The number of nitrogens with one attached hydrogen (secondary N) is 1. The molecule has 0 spiro atoms. The molecule has 0 bridgehead atoms. The topological polar surface area (TPSA) is 101 Å². The lowest BCUT2D eigenvalue weighted by Gasteiger charge is -2.35. The summed E-state index contributed by atoms with van der Waals surface area (Å²) in [5.41, 5.74) is 1.96. The van der Waals surface area contributed by atoms with Crippen LogP contribution in [0.1, 0.15) is 47.3 Å². The molecular formula is C30H31ClN4O4. The van der Waals surface area contributed by atoms with Gasteiger partial charge in [-0.2, -0.15) is 0 Å². The smallest absolute Gasteiger partial charge is 0.254 e. The second kappa shape index (κ2) is 11.9. The molecule has 2 amide bonds. The summed E-state index contributed by atoms with van der Waals surface area (Å²) in [5, 5.41) is 3.40. The van der Waals surface area contributed by atoms with Crippen molar-refractivity contribution in [3.8, 4) is 5.75 Å². The zero-order valence-electron chi connectivity index (χ0n) is 21.8. The molecule has 3 heterocycles. The van der Waals surface area contributed by atoms with E-state index in [1.807, 2.05) is 18.2 Å². The van der Waals surface area contributed by atoms with Crippen molar-refractivity contribution in [1.29, 1.82) is 0 Å². The molecule has 3 aromatic rings. The van der Waals surface area contributed by atoms with Crippen LogP contribution in [0, 0.1) is 11.8 Å². The van der Waals surface area contributed by atoms with Gasteiger partial charge < -0.3 is 15.0 Å². The van der Waals surface area contributed by atoms with Crippen molar-refractivity contribution in [3.05, 3.63) is 82.8 Å². The van der Waals surface area contributed by atoms with Gasteiger partial charge in [-0.15, -0.1) is 0 Å². The van der Waals surface area contributed by atoms with Crippen LogP contribution in [0.5, 0.6) is 5.75 Å². The van der Waals surface area contributed by atoms with Gasteiger partial charge in [0.2, 0.25) is 5.91 Å². The fraction of sp³-hybridized carbons (Fsp3) is 0.367. The normalized spacial score (nSPS) is 21.2. The summed E-state index contributed by atoms with van der Waals surface area (Å²) < 4.78 is 5.12. The molecule has 5 rings (SSSR count). The molecule has 2 aliphatic rings. The largest absolute Gasteiger partial charge is 0.495 e. The molecule has 0 radical (unpaired) electrons. The average molecular weight is 547 g/mol. The van der Waals surface area contributed by atoms with Crippen LogP contribution >= 0.6 is 11.6 Å². The number of amides is 2. The van der Waals surface area contributed by atoms with Crippen molar-refractivity contribution >= 4 is 35.0 Å². The number of ketones is 1.